The van der Waals surface area contributed by atoms with Gasteiger partial charge < -0.3 is 10.1 Å². The first-order valence-corrected chi connectivity index (χ1v) is 6.87. The number of para-hydroxylation sites is 1. The summed E-state index contributed by atoms with van der Waals surface area (Å²) in [5, 5.41) is 13.5. The van der Waals surface area contributed by atoms with Crippen LogP contribution in [0.4, 0.5) is 0 Å². The van der Waals surface area contributed by atoms with Crippen molar-refractivity contribution in [3.8, 4) is 0 Å². The van der Waals surface area contributed by atoms with Gasteiger partial charge in [-0.1, -0.05) is 42.5 Å². The zero-order valence-corrected chi connectivity index (χ0v) is 11.3. The number of carboxylic acids is 1. The van der Waals surface area contributed by atoms with Gasteiger partial charge in [-0.2, -0.15) is 0 Å². The number of carboxylic acid groups (broad SMARTS) is 1. The van der Waals surface area contributed by atoms with Crippen molar-refractivity contribution in [2.45, 2.75) is 6.42 Å². The summed E-state index contributed by atoms with van der Waals surface area (Å²) in [5.74, 6) is -0.806. The van der Waals surface area contributed by atoms with E-state index in [1.54, 1.807) is 0 Å². The molecule has 0 unspecified atom stereocenters. The summed E-state index contributed by atoms with van der Waals surface area (Å²) in [7, 11) is 0. The summed E-state index contributed by atoms with van der Waals surface area (Å²) < 4.78 is 0. The Balaban J connectivity index is 2.23. The highest BCUT2D eigenvalue weighted by Crippen LogP contribution is 2.34. The molecule has 3 nitrogen and oxygen atoms in total. The molecule has 0 atom stereocenters. The summed E-state index contributed by atoms with van der Waals surface area (Å²) in [6.45, 7) is 0. The fraction of sp³-hybridized carbons (Fsp3) is 0.0556. The maximum Gasteiger partial charge on any atom is 0.307 e. The Kier molecular flexibility index (Phi) is 2.48. The van der Waals surface area contributed by atoms with Crippen LogP contribution in [0.5, 0.6) is 0 Å². The Bertz CT molecular complexity index is 998. The van der Waals surface area contributed by atoms with Crippen molar-refractivity contribution in [1.29, 1.82) is 0 Å². The third-order valence-corrected chi connectivity index (χ3v) is 3.94. The Morgan fingerprint density at radius 1 is 0.905 bits per heavy atom. The highest BCUT2D eigenvalue weighted by molar-refractivity contribution is 6.21. The van der Waals surface area contributed by atoms with Crippen molar-refractivity contribution in [3.63, 3.8) is 0 Å². The van der Waals surface area contributed by atoms with Crippen LogP contribution in [0.1, 0.15) is 5.56 Å². The highest BCUT2D eigenvalue weighted by atomic mass is 16.4. The lowest BCUT2D eigenvalue weighted by atomic mass is 9.97. The van der Waals surface area contributed by atoms with Gasteiger partial charge in [0.2, 0.25) is 0 Å². The Hall–Kier alpha value is -2.81. The zero-order valence-electron chi connectivity index (χ0n) is 11.3. The van der Waals surface area contributed by atoms with Crippen molar-refractivity contribution in [2.75, 3.05) is 0 Å². The molecular formula is C18H13NO2. The van der Waals surface area contributed by atoms with Crippen LogP contribution in [-0.4, -0.2) is 16.1 Å². The smallest absolute Gasteiger partial charge is 0.307 e. The molecule has 3 aromatic carbocycles. The summed E-state index contributed by atoms with van der Waals surface area (Å²) in [6, 6.07) is 18.1. The van der Waals surface area contributed by atoms with Crippen LogP contribution < -0.4 is 0 Å². The van der Waals surface area contributed by atoms with Crippen molar-refractivity contribution in [3.05, 3.63) is 60.2 Å². The van der Waals surface area contributed by atoms with Crippen LogP contribution in [-0.2, 0) is 11.2 Å². The van der Waals surface area contributed by atoms with Crippen LogP contribution in [0, 0.1) is 0 Å². The van der Waals surface area contributed by atoms with Crippen LogP contribution in [0.15, 0.2) is 54.6 Å². The van der Waals surface area contributed by atoms with E-state index in [2.05, 4.69) is 17.1 Å². The highest BCUT2D eigenvalue weighted by Gasteiger charge is 2.12. The number of H-pyrrole nitrogens is 1. The molecule has 4 rings (SSSR count). The molecule has 102 valence electrons. The first-order valence-electron chi connectivity index (χ1n) is 6.87. The van der Waals surface area contributed by atoms with Gasteiger partial charge in [0.1, 0.15) is 0 Å². The summed E-state index contributed by atoms with van der Waals surface area (Å²) in [6.07, 6.45) is 0.0377. The van der Waals surface area contributed by atoms with Crippen molar-refractivity contribution < 1.29 is 9.90 Å². The number of aliphatic carboxylic acids is 1. The van der Waals surface area contributed by atoms with Crippen LogP contribution >= 0.6 is 0 Å². The molecule has 2 N–H and O–H groups in total. The van der Waals surface area contributed by atoms with Gasteiger partial charge in [0.15, 0.2) is 0 Å². The summed E-state index contributed by atoms with van der Waals surface area (Å²) >= 11 is 0. The standard InChI is InChI=1S/C18H13NO2/c20-16(21)10-12-5-3-4-11-8-9-15-18(17(11)12)13-6-1-2-7-14(13)19-15/h1-9,19H,10H2,(H,20,21). The number of hydrogen-bond donors (Lipinski definition) is 2. The van der Waals surface area contributed by atoms with Crippen LogP contribution in [0.3, 0.4) is 0 Å². The third kappa shape index (κ3) is 1.78. The van der Waals surface area contributed by atoms with Gasteiger partial charge in [-0.15, -0.1) is 0 Å². The number of aromatic nitrogens is 1. The van der Waals surface area contributed by atoms with E-state index in [1.807, 2.05) is 42.5 Å². The number of nitrogens with one attached hydrogen (secondary N) is 1. The minimum Gasteiger partial charge on any atom is -0.481 e. The van der Waals surface area contributed by atoms with Gasteiger partial charge in [0.25, 0.3) is 0 Å². The van der Waals surface area contributed by atoms with E-state index in [-0.39, 0.29) is 6.42 Å². The van der Waals surface area contributed by atoms with Crippen molar-refractivity contribution in [2.24, 2.45) is 0 Å². The number of rotatable bonds is 2. The maximum absolute atomic E-state index is 11.1. The lowest BCUT2D eigenvalue weighted by Gasteiger charge is -2.06. The molecule has 21 heavy (non-hydrogen) atoms. The molecule has 0 aliphatic heterocycles. The molecule has 0 saturated heterocycles. The van der Waals surface area contributed by atoms with E-state index < -0.39 is 5.97 Å². The minimum atomic E-state index is -0.806. The number of hydrogen-bond acceptors (Lipinski definition) is 1. The fourth-order valence-corrected chi connectivity index (χ4v) is 3.10. The average molecular weight is 275 g/mol. The van der Waals surface area contributed by atoms with E-state index in [4.69, 9.17) is 5.11 Å². The minimum absolute atomic E-state index is 0.0377. The average Bonchev–Trinajstić information content (AvgIpc) is 2.85. The SMILES string of the molecule is O=C(O)Cc1cccc2ccc3[nH]c4ccccc4c3c12. The molecule has 0 aliphatic carbocycles. The first-order chi connectivity index (χ1) is 10.2. The molecule has 1 heterocycles. The largest absolute Gasteiger partial charge is 0.481 e. The lowest BCUT2D eigenvalue weighted by molar-refractivity contribution is -0.136. The maximum atomic E-state index is 11.1. The lowest BCUT2D eigenvalue weighted by Crippen LogP contribution is -2.00. The Morgan fingerprint density at radius 2 is 1.76 bits per heavy atom. The van der Waals surface area contributed by atoms with Gasteiger partial charge in [-0.05, 0) is 28.5 Å². The molecule has 0 spiro atoms. The van der Waals surface area contributed by atoms with E-state index in [0.29, 0.717) is 0 Å². The molecule has 0 aliphatic rings. The van der Waals surface area contributed by atoms with Gasteiger partial charge in [-0.3, -0.25) is 4.79 Å². The molecule has 0 fully saturated rings. The molecule has 0 amide bonds. The molecule has 0 saturated carbocycles. The summed E-state index contributed by atoms with van der Waals surface area (Å²) in [4.78, 5) is 14.5. The second-order valence-corrected chi connectivity index (χ2v) is 5.24. The predicted octanol–water partition coefficient (Wildman–Crippen LogP) is 4.10. The molecular weight excluding hydrogens is 262 g/mol. The molecule has 0 bridgehead atoms. The van der Waals surface area contributed by atoms with E-state index in [1.165, 1.54) is 0 Å². The molecule has 0 radical (unpaired) electrons. The van der Waals surface area contributed by atoms with Crippen molar-refractivity contribution in [1.82, 2.24) is 4.98 Å². The number of fused-ring (bicyclic) bond motifs is 5. The van der Waals surface area contributed by atoms with Crippen molar-refractivity contribution >= 4 is 38.5 Å². The van der Waals surface area contributed by atoms with Gasteiger partial charge in [0, 0.05) is 21.8 Å². The van der Waals surface area contributed by atoms with Gasteiger partial charge in [-0.25, -0.2) is 0 Å². The second-order valence-electron chi connectivity index (χ2n) is 5.24. The van der Waals surface area contributed by atoms with E-state index in [0.717, 1.165) is 38.1 Å². The Morgan fingerprint density at radius 3 is 2.62 bits per heavy atom. The molecule has 3 heteroatoms. The quantitative estimate of drug-likeness (QED) is 0.578. The normalized spacial score (nSPS) is 11.4. The molecule has 4 aromatic rings. The monoisotopic (exact) mass is 275 g/mol. The fourth-order valence-electron chi connectivity index (χ4n) is 3.10. The Labute approximate surface area is 120 Å². The molecule has 1 aromatic heterocycles. The van der Waals surface area contributed by atoms with E-state index >= 15 is 0 Å². The zero-order chi connectivity index (χ0) is 14.4. The van der Waals surface area contributed by atoms with Crippen LogP contribution in [0.2, 0.25) is 0 Å². The van der Waals surface area contributed by atoms with Gasteiger partial charge >= 0.3 is 5.97 Å². The topological polar surface area (TPSA) is 53.1 Å². The number of benzene rings is 3. The number of aromatic amines is 1. The predicted molar refractivity (Wildman–Crippen MR) is 84.7 cm³/mol. The third-order valence-electron chi connectivity index (χ3n) is 3.94. The number of carbonyl (C=O) groups is 1. The van der Waals surface area contributed by atoms with Gasteiger partial charge in [0.05, 0.1) is 6.42 Å². The van der Waals surface area contributed by atoms with E-state index in [9.17, 15) is 4.79 Å². The first kappa shape index (κ1) is 12.0. The van der Waals surface area contributed by atoms with Crippen LogP contribution in [0.25, 0.3) is 32.6 Å². The second kappa shape index (κ2) is 4.35. The summed E-state index contributed by atoms with van der Waals surface area (Å²) in [5.41, 5.74) is 2.97.